The Kier molecular flexibility index (Phi) is 4.83. The lowest BCUT2D eigenvalue weighted by atomic mass is 10.1. The van der Waals surface area contributed by atoms with Crippen LogP contribution in [0.1, 0.15) is 21.3 Å². The second-order valence-corrected chi connectivity index (χ2v) is 6.65. The molecule has 0 aliphatic rings. The van der Waals surface area contributed by atoms with Crippen LogP contribution in [0.4, 0.5) is 0 Å². The molecule has 1 unspecified atom stereocenters. The highest BCUT2D eigenvalue weighted by Crippen LogP contribution is 2.26. The van der Waals surface area contributed by atoms with Crippen LogP contribution in [0.15, 0.2) is 54.6 Å². The summed E-state index contributed by atoms with van der Waals surface area (Å²) in [7, 11) is 1.29. The van der Waals surface area contributed by atoms with Crippen LogP contribution in [0.2, 0.25) is 5.02 Å². The van der Waals surface area contributed by atoms with Gasteiger partial charge in [0.25, 0.3) is 5.91 Å². The van der Waals surface area contributed by atoms with Gasteiger partial charge in [0.1, 0.15) is 0 Å². The summed E-state index contributed by atoms with van der Waals surface area (Å²) in [5, 5.41) is 4.28. The second kappa shape index (κ2) is 7.03. The molecule has 0 saturated carbocycles. The van der Waals surface area contributed by atoms with E-state index in [1.807, 2.05) is 30.3 Å². The van der Waals surface area contributed by atoms with Crippen LogP contribution in [0.25, 0.3) is 10.1 Å². The first-order valence-corrected chi connectivity index (χ1v) is 8.40. The fourth-order valence-corrected chi connectivity index (χ4v) is 3.44. The Bertz CT molecular complexity index is 856. The molecule has 3 rings (SSSR count). The van der Waals surface area contributed by atoms with Gasteiger partial charge in [0.2, 0.25) is 0 Å². The quantitative estimate of drug-likeness (QED) is 0.710. The highest BCUT2D eigenvalue weighted by molar-refractivity contribution is 7.20. The predicted octanol–water partition coefficient (Wildman–Crippen LogP) is 4.20. The molecule has 122 valence electrons. The molecule has 1 heterocycles. The van der Waals surface area contributed by atoms with Gasteiger partial charge < -0.3 is 10.1 Å². The number of amides is 1. The highest BCUT2D eigenvalue weighted by atomic mass is 35.5. The zero-order valence-electron chi connectivity index (χ0n) is 12.8. The lowest BCUT2D eigenvalue weighted by Crippen LogP contribution is -2.34. The van der Waals surface area contributed by atoms with Gasteiger partial charge in [-0.05, 0) is 35.2 Å². The third kappa shape index (κ3) is 3.42. The van der Waals surface area contributed by atoms with Gasteiger partial charge >= 0.3 is 5.97 Å². The van der Waals surface area contributed by atoms with Crippen molar-refractivity contribution in [1.82, 2.24) is 5.32 Å². The van der Waals surface area contributed by atoms with Gasteiger partial charge in [-0.15, -0.1) is 11.3 Å². The average molecular weight is 360 g/mol. The highest BCUT2D eigenvalue weighted by Gasteiger charge is 2.24. The molecule has 0 spiro atoms. The van der Waals surface area contributed by atoms with Crippen LogP contribution >= 0.6 is 22.9 Å². The molecule has 0 radical (unpaired) electrons. The van der Waals surface area contributed by atoms with Gasteiger partial charge in [-0.2, -0.15) is 0 Å². The lowest BCUT2D eigenvalue weighted by Gasteiger charge is -2.16. The van der Waals surface area contributed by atoms with Crippen LogP contribution in [0.5, 0.6) is 0 Å². The largest absolute Gasteiger partial charge is 0.467 e. The Morgan fingerprint density at radius 2 is 1.83 bits per heavy atom. The van der Waals surface area contributed by atoms with Crippen molar-refractivity contribution in [2.75, 3.05) is 7.11 Å². The van der Waals surface area contributed by atoms with E-state index in [9.17, 15) is 9.59 Å². The minimum absolute atomic E-state index is 0.318. The van der Waals surface area contributed by atoms with E-state index < -0.39 is 12.0 Å². The monoisotopic (exact) mass is 359 g/mol. The van der Waals surface area contributed by atoms with E-state index in [0.717, 1.165) is 10.1 Å². The van der Waals surface area contributed by atoms with Crippen molar-refractivity contribution in [3.05, 3.63) is 70.1 Å². The number of hydrogen-bond donors (Lipinski definition) is 1. The van der Waals surface area contributed by atoms with Gasteiger partial charge in [-0.3, -0.25) is 4.79 Å². The molecule has 2 aromatic carbocycles. The maximum absolute atomic E-state index is 12.6. The fraction of sp³-hybridized carbons (Fsp3) is 0.111. The summed E-state index contributed by atoms with van der Waals surface area (Å²) in [5.41, 5.74) is 0.612. The van der Waals surface area contributed by atoms with Gasteiger partial charge in [0.15, 0.2) is 6.04 Å². The summed E-state index contributed by atoms with van der Waals surface area (Å²) in [6, 6.07) is 15.4. The number of ether oxygens (including phenoxy) is 1. The molecule has 24 heavy (non-hydrogen) atoms. The van der Waals surface area contributed by atoms with Crippen LogP contribution in [-0.2, 0) is 9.53 Å². The fourth-order valence-electron chi connectivity index (χ4n) is 2.35. The van der Waals surface area contributed by atoms with Crippen molar-refractivity contribution in [3.63, 3.8) is 0 Å². The van der Waals surface area contributed by atoms with Gasteiger partial charge in [-0.25, -0.2) is 4.79 Å². The van der Waals surface area contributed by atoms with E-state index in [4.69, 9.17) is 16.3 Å². The van der Waals surface area contributed by atoms with E-state index in [-0.39, 0.29) is 5.91 Å². The Balaban J connectivity index is 1.87. The number of rotatable bonds is 4. The molecule has 0 aliphatic carbocycles. The maximum Gasteiger partial charge on any atom is 0.333 e. The number of carbonyl (C=O) groups excluding carboxylic acids is 2. The second-order valence-electron chi connectivity index (χ2n) is 5.13. The zero-order valence-corrected chi connectivity index (χ0v) is 14.4. The van der Waals surface area contributed by atoms with Crippen molar-refractivity contribution in [3.8, 4) is 0 Å². The molecule has 3 aromatic rings. The number of thiophene rings is 1. The molecule has 1 N–H and O–H groups in total. The summed E-state index contributed by atoms with van der Waals surface area (Å²) in [5.74, 6) is -0.853. The molecule has 4 nitrogen and oxygen atoms in total. The van der Waals surface area contributed by atoms with Gasteiger partial charge in [0, 0.05) is 9.72 Å². The normalized spacial score (nSPS) is 11.9. The van der Waals surface area contributed by atoms with Gasteiger partial charge in [-0.1, -0.05) is 41.9 Å². The summed E-state index contributed by atoms with van der Waals surface area (Å²) in [6.45, 7) is 0. The molecule has 0 aliphatic heterocycles. The minimum atomic E-state index is -0.884. The third-order valence-corrected chi connectivity index (χ3v) is 4.93. The van der Waals surface area contributed by atoms with Crippen molar-refractivity contribution in [2.24, 2.45) is 0 Å². The number of halogens is 1. The number of nitrogens with one attached hydrogen (secondary N) is 1. The Hall–Kier alpha value is -2.37. The van der Waals surface area contributed by atoms with E-state index in [1.54, 1.807) is 24.3 Å². The van der Waals surface area contributed by atoms with Crippen LogP contribution in [0.3, 0.4) is 0 Å². The number of methoxy groups -OCH3 is 1. The lowest BCUT2D eigenvalue weighted by molar-refractivity contribution is -0.143. The van der Waals surface area contributed by atoms with Crippen LogP contribution < -0.4 is 5.32 Å². The van der Waals surface area contributed by atoms with Crippen molar-refractivity contribution >= 4 is 44.9 Å². The summed E-state index contributed by atoms with van der Waals surface area (Å²) >= 11 is 7.25. The molecule has 0 fully saturated rings. The number of carbonyl (C=O) groups is 2. The standard InChI is InChI=1S/C18H14ClNO3S/c1-23-18(22)16(11-6-8-13(19)9-7-11)20-17(21)15-10-12-4-2-3-5-14(12)24-15/h2-10,16H,1H3,(H,20,21). The smallest absolute Gasteiger partial charge is 0.333 e. The van der Waals surface area contributed by atoms with Crippen molar-refractivity contribution in [1.29, 1.82) is 0 Å². The summed E-state index contributed by atoms with van der Waals surface area (Å²) in [4.78, 5) is 25.2. The first-order chi connectivity index (χ1) is 11.6. The van der Waals surface area contributed by atoms with Crippen LogP contribution in [0, 0.1) is 0 Å². The number of benzene rings is 2. The molecule has 1 amide bonds. The minimum Gasteiger partial charge on any atom is -0.467 e. The number of fused-ring (bicyclic) bond motifs is 1. The SMILES string of the molecule is COC(=O)C(NC(=O)c1cc2ccccc2s1)c1ccc(Cl)cc1. The summed E-state index contributed by atoms with van der Waals surface area (Å²) < 4.78 is 5.83. The molecule has 1 atom stereocenters. The molecule has 0 saturated heterocycles. The van der Waals surface area contributed by atoms with Gasteiger partial charge in [0.05, 0.1) is 12.0 Å². The zero-order chi connectivity index (χ0) is 17.1. The first kappa shape index (κ1) is 16.5. The van der Waals surface area contributed by atoms with E-state index >= 15 is 0 Å². The van der Waals surface area contributed by atoms with Crippen molar-refractivity contribution < 1.29 is 14.3 Å². The third-order valence-electron chi connectivity index (χ3n) is 3.56. The topological polar surface area (TPSA) is 55.4 Å². The Labute approximate surface area is 148 Å². The number of hydrogen-bond acceptors (Lipinski definition) is 4. The van der Waals surface area contributed by atoms with E-state index in [1.165, 1.54) is 18.4 Å². The van der Waals surface area contributed by atoms with E-state index in [0.29, 0.717) is 15.5 Å². The Morgan fingerprint density at radius 1 is 1.12 bits per heavy atom. The van der Waals surface area contributed by atoms with Crippen molar-refractivity contribution in [2.45, 2.75) is 6.04 Å². The molecular formula is C18H14ClNO3S. The first-order valence-electron chi connectivity index (χ1n) is 7.21. The predicted molar refractivity (Wildman–Crippen MR) is 95.5 cm³/mol. The van der Waals surface area contributed by atoms with Crippen LogP contribution in [-0.4, -0.2) is 19.0 Å². The average Bonchev–Trinajstić information content (AvgIpc) is 3.04. The Morgan fingerprint density at radius 3 is 2.50 bits per heavy atom. The molecule has 0 bridgehead atoms. The molecule has 6 heteroatoms. The maximum atomic E-state index is 12.6. The van der Waals surface area contributed by atoms with E-state index in [2.05, 4.69) is 5.32 Å². The molecule has 1 aromatic heterocycles. The molecular weight excluding hydrogens is 346 g/mol. The number of esters is 1. The summed E-state index contributed by atoms with van der Waals surface area (Å²) in [6.07, 6.45) is 0.